The Morgan fingerprint density at radius 2 is 1.73 bits per heavy atom. The smallest absolute Gasteiger partial charge is 0.247 e. The van der Waals surface area contributed by atoms with Crippen molar-refractivity contribution in [1.82, 2.24) is 20.2 Å². The molecule has 1 aliphatic heterocycles. The maximum absolute atomic E-state index is 6.27. The molecule has 2 aromatic heterocycles. The van der Waals surface area contributed by atoms with Crippen molar-refractivity contribution < 1.29 is 4.74 Å². The summed E-state index contributed by atoms with van der Waals surface area (Å²) < 4.78 is 6.27. The number of para-hydroxylation sites is 1. The number of rotatable bonds is 4. The van der Waals surface area contributed by atoms with Crippen LogP contribution in [0.2, 0.25) is 0 Å². The van der Waals surface area contributed by atoms with Gasteiger partial charge in [-0.2, -0.15) is 4.98 Å². The van der Waals surface area contributed by atoms with E-state index in [1.807, 2.05) is 67.6 Å². The van der Waals surface area contributed by atoms with Gasteiger partial charge in [0, 0.05) is 22.7 Å². The largest absolute Gasteiger partial charge is 0.446 e. The first-order valence-electron chi connectivity index (χ1n) is 9.64. The fourth-order valence-corrected chi connectivity index (χ4v) is 4.01. The van der Waals surface area contributed by atoms with Gasteiger partial charge in [0.05, 0.1) is 0 Å². The first-order valence-corrected chi connectivity index (χ1v) is 10.6. The second-order valence-electron chi connectivity index (χ2n) is 6.91. The summed E-state index contributed by atoms with van der Waals surface area (Å²) in [5.41, 5.74) is 5.35. The zero-order valence-electron chi connectivity index (χ0n) is 16.3. The molecular weight excluding hydrogens is 394 g/mol. The molecule has 0 saturated heterocycles. The molecule has 6 nitrogen and oxygen atoms in total. The van der Waals surface area contributed by atoms with E-state index in [0.717, 1.165) is 28.4 Å². The molecule has 7 heteroatoms. The highest BCUT2D eigenvalue weighted by Gasteiger charge is 2.26. The Labute approximate surface area is 178 Å². The van der Waals surface area contributed by atoms with Crippen LogP contribution in [0.15, 0.2) is 78.0 Å². The number of ether oxygens (including phenoxy) is 1. The van der Waals surface area contributed by atoms with Crippen LogP contribution >= 0.6 is 11.8 Å². The summed E-state index contributed by atoms with van der Waals surface area (Å²) in [4.78, 5) is 9.31. The van der Waals surface area contributed by atoms with Crippen molar-refractivity contribution in [2.24, 2.45) is 0 Å². The molecule has 0 bridgehead atoms. The van der Waals surface area contributed by atoms with Crippen LogP contribution in [0.25, 0.3) is 11.3 Å². The van der Waals surface area contributed by atoms with Gasteiger partial charge in [-0.15, -0.1) is 10.2 Å². The lowest BCUT2D eigenvalue weighted by Gasteiger charge is -2.18. The highest BCUT2D eigenvalue weighted by Crippen LogP contribution is 2.39. The number of nitrogens with one attached hydrogen (secondary N) is 1. The van der Waals surface area contributed by atoms with E-state index in [-0.39, 0.29) is 0 Å². The van der Waals surface area contributed by atoms with Crippen LogP contribution in [0.1, 0.15) is 23.2 Å². The quantitative estimate of drug-likeness (QED) is 0.470. The van der Waals surface area contributed by atoms with Crippen molar-refractivity contribution >= 4 is 17.4 Å². The number of anilines is 1. The average Bonchev–Trinajstić information content (AvgIpc) is 2.95. The van der Waals surface area contributed by atoms with Gasteiger partial charge in [0.1, 0.15) is 5.69 Å². The van der Waals surface area contributed by atoms with E-state index in [2.05, 4.69) is 37.6 Å². The summed E-state index contributed by atoms with van der Waals surface area (Å²) in [6.45, 7) is 1.96. The lowest BCUT2D eigenvalue weighted by Crippen LogP contribution is -2.18. The first kappa shape index (κ1) is 18.6. The molecule has 5 rings (SSSR count). The molecule has 1 aliphatic rings. The Kier molecular flexibility index (Phi) is 5.03. The minimum absolute atomic E-state index is 0.450. The van der Waals surface area contributed by atoms with Crippen LogP contribution in [0.3, 0.4) is 0 Å². The Balaban J connectivity index is 1.51. The molecule has 3 heterocycles. The van der Waals surface area contributed by atoms with E-state index in [9.17, 15) is 0 Å². The summed E-state index contributed by atoms with van der Waals surface area (Å²) in [6.07, 6.45) is -0.476. The van der Waals surface area contributed by atoms with Crippen LogP contribution in [-0.4, -0.2) is 20.2 Å². The SMILES string of the molecule is Cc1cccc([C@H]2Nc3ccccc3-c3nnc(SCc4ccccc4)nc3O2)n1. The van der Waals surface area contributed by atoms with Gasteiger partial charge < -0.3 is 10.1 Å². The highest BCUT2D eigenvalue weighted by atomic mass is 32.2. The number of aromatic nitrogens is 4. The lowest BCUT2D eigenvalue weighted by atomic mass is 10.1. The van der Waals surface area contributed by atoms with Crippen molar-refractivity contribution in [2.45, 2.75) is 24.1 Å². The summed E-state index contributed by atoms with van der Waals surface area (Å²) in [6, 6.07) is 24.0. The van der Waals surface area contributed by atoms with Crippen LogP contribution in [-0.2, 0) is 5.75 Å². The topological polar surface area (TPSA) is 72.8 Å². The fourth-order valence-electron chi connectivity index (χ4n) is 3.27. The van der Waals surface area contributed by atoms with Gasteiger partial charge in [-0.3, -0.25) is 4.98 Å². The predicted molar refractivity (Wildman–Crippen MR) is 117 cm³/mol. The number of thioether (sulfide) groups is 1. The van der Waals surface area contributed by atoms with Crippen molar-refractivity contribution in [3.63, 3.8) is 0 Å². The van der Waals surface area contributed by atoms with Crippen LogP contribution < -0.4 is 10.1 Å². The van der Waals surface area contributed by atoms with Crippen molar-refractivity contribution in [3.8, 4) is 17.1 Å². The highest BCUT2D eigenvalue weighted by molar-refractivity contribution is 7.98. The van der Waals surface area contributed by atoms with E-state index >= 15 is 0 Å². The molecule has 0 radical (unpaired) electrons. The van der Waals surface area contributed by atoms with Crippen LogP contribution in [0.4, 0.5) is 5.69 Å². The fraction of sp³-hybridized carbons (Fsp3) is 0.130. The Hall–Kier alpha value is -3.45. The third kappa shape index (κ3) is 3.84. The molecule has 0 spiro atoms. The minimum atomic E-state index is -0.476. The second kappa shape index (κ2) is 8.12. The van der Waals surface area contributed by atoms with Gasteiger partial charge in [-0.05, 0) is 30.7 Å². The molecule has 4 aromatic rings. The van der Waals surface area contributed by atoms with Crippen molar-refractivity contribution in [2.75, 3.05) is 5.32 Å². The van der Waals surface area contributed by atoms with E-state index < -0.39 is 6.23 Å². The number of hydrogen-bond acceptors (Lipinski definition) is 7. The zero-order valence-corrected chi connectivity index (χ0v) is 17.1. The minimum Gasteiger partial charge on any atom is -0.446 e. The number of hydrogen-bond donors (Lipinski definition) is 1. The maximum Gasteiger partial charge on any atom is 0.247 e. The van der Waals surface area contributed by atoms with Gasteiger partial charge in [0.25, 0.3) is 0 Å². The normalized spacial score (nSPS) is 14.6. The van der Waals surface area contributed by atoms with Gasteiger partial charge >= 0.3 is 0 Å². The third-order valence-corrected chi connectivity index (χ3v) is 5.63. The lowest BCUT2D eigenvalue weighted by molar-refractivity contribution is 0.220. The number of benzene rings is 2. The Bertz CT molecular complexity index is 1190. The maximum atomic E-state index is 6.27. The number of aryl methyl sites for hydroxylation is 1. The number of pyridine rings is 1. The molecule has 1 atom stereocenters. The van der Waals surface area contributed by atoms with E-state index in [1.54, 1.807) is 0 Å². The predicted octanol–water partition coefficient (Wildman–Crippen LogP) is 5.04. The third-order valence-electron chi connectivity index (χ3n) is 4.72. The average molecular weight is 414 g/mol. The van der Waals surface area contributed by atoms with Crippen molar-refractivity contribution in [1.29, 1.82) is 0 Å². The van der Waals surface area contributed by atoms with E-state index in [1.165, 1.54) is 17.3 Å². The Morgan fingerprint density at radius 1 is 0.900 bits per heavy atom. The molecule has 2 aromatic carbocycles. The zero-order chi connectivity index (χ0) is 20.3. The van der Waals surface area contributed by atoms with Gasteiger partial charge in [0.15, 0.2) is 5.69 Å². The van der Waals surface area contributed by atoms with Gasteiger partial charge in [0.2, 0.25) is 17.3 Å². The second-order valence-corrected chi connectivity index (χ2v) is 7.86. The summed E-state index contributed by atoms with van der Waals surface area (Å²) in [7, 11) is 0. The molecule has 1 N–H and O–H groups in total. The number of nitrogens with zero attached hydrogens (tertiary/aromatic N) is 4. The molecule has 0 saturated carbocycles. The van der Waals surface area contributed by atoms with Crippen LogP contribution in [0, 0.1) is 6.92 Å². The monoisotopic (exact) mass is 413 g/mol. The number of fused-ring (bicyclic) bond motifs is 3. The molecule has 148 valence electrons. The van der Waals surface area contributed by atoms with Crippen molar-refractivity contribution in [3.05, 3.63) is 89.7 Å². The molecular formula is C23H19N5OS. The Morgan fingerprint density at radius 3 is 2.60 bits per heavy atom. The molecule has 0 amide bonds. The van der Waals surface area contributed by atoms with E-state index in [4.69, 9.17) is 4.74 Å². The molecule has 0 unspecified atom stereocenters. The molecule has 0 aliphatic carbocycles. The summed E-state index contributed by atoms with van der Waals surface area (Å²) in [5.74, 6) is 1.21. The summed E-state index contributed by atoms with van der Waals surface area (Å²) >= 11 is 1.53. The summed E-state index contributed by atoms with van der Waals surface area (Å²) in [5, 5.41) is 12.8. The van der Waals surface area contributed by atoms with Crippen LogP contribution in [0.5, 0.6) is 5.88 Å². The molecule has 0 fully saturated rings. The first-order chi connectivity index (χ1) is 14.8. The van der Waals surface area contributed by atoms with E-state index in [0.29, 0.717) is 16.7 Å². The van der Waals surface area contributed by atoms with Gasteiger partial charge in [-0.25, -0.2) is 0 Å². The standard InChI is InChI=1S/C23H19N5OS/c1-15-8-7-13-19(24-15)21-25-18-12-6-5-11-17(18)20-22(29-21)26-23(28-27-20)30-14-16-9-3-2-4-10-16/h2-13,21,25H,14H2,1H3/t21-/m0/s1. The van der Waals surface area contributed by atoms with Gasteiger partial charge in [-0.1, -0.05) is 66.4 Å². The molecule has 30 heavy (non-hydrogen) atoms.